The lowest BCUT2D eigenvalue weighted by Gasteiger charge is -2.02. The zero-order chi connectivity index (χ0) is 19.0. The van der Waals surface area contributed by atoms with Crippen molar-refractivity contribution >= 4 is 28.0 Å². The normalized spacial score (nSPS) is 10.9. The van der Waals surface area contributed by atoms with Crippen molar-refractivity contribution in [3.05, 3.63) is 58.9 Å². The van der Waals surface area contributed by atoms with Gasteiger partial charge in [0, 0.05) is 22.8 Å². The summed E-state index contributed by atoms with van der Waals surface area (Å²) in [5, 5.41) is 7.75. The maximum atomic E-state index is 12.8. The molecule has 7 nitrogen and oxygen atoms in total. The molecule has 136 valence electrons. The van der Waals surface area contributed by atoms with Crippen molar-refractivity contribution in [3.63, 3.8) is 0 Å². The molecular weight excluding hydrogens is 362 g/mol. The van der Waals surface area contributed by atoms with E-state index in [9.17, 15) is 4.79 Å². The van der Waals surface area contributed by atoms with Gasteiger partial charge in [-0.25, -0.2) is 14.5 Å². The Morgan fingerprint density at radius 2 is 2.00 bits per heavy atom. The minimum Gasteiger partial charge on any atom is -0.497 e. The molecule has 0 fully saturated rings. The Morgan fingerprint density at radius 1 is 1.22 bits per heavy atom. The van der Waals surface area contributed by atoms with E-state index >= 15 is 0 Å². The molecule has 27 heavy (non-hydrogen) atoms. The molecule has 0 spiro atoms. The number of carbonyl (C=O) groups is 1. The highest BCUT2D eigenvalue weighted by atomic mass is 32.1. The first kappa shape index (κ1) is 17.2. The lowest BCUT2D eigenvalue weighted by atomic mass is 10.1. The molecule has 1 amide bonds. The van der Waals surface area contributed by atoms with Crippen LogP contribution in [0.5, 0.6) is 5.75 Å². The number of hydrogen-bond donors (Lipinski definition) is 1. The van der Waals surface area contributed by atoms with E-state index in [0.29, 0.717) is 22.0 Å². The van der Waals surface area contributed by atoms with Crippen LogP contribution in [-0.4, -0.2) is 32.6 Å². The Kier molecular flexibility index (Phi) is 4.33. The maximum absolute atomic E-state index is 12.8. The molecule has 1 N–H and O–H groups in total. The van der Waals surface area contributed by atoms with Crippen molar-refractivity contribution in [2.75, 3.05) is 12.4 Å². The number of nitrogens with zero attached hydrogens (tertiary/aromatic N) is 4. The van der Waals surface area contributed by atoms with Gasteiger partial charge in [0.15, 0.2) is 10.8 Å². The second-order valence-electron chi connectivity index (χ2n) is 5.95. The molecular formula is C19H17N5O2S. The van der Waals surface area contributed by atoms with Crippen LogP contribution in [0.1, 0.15) is 20.9 Å². The zero-order valence-corrected chi connectivity index (χ0v) is 15.9. The number of amides is 1. The summed E-state index contributed by atoms with van der Waals surface area (Å²) < 4.78 is 6.79. The van der Waals surface area contributed by atoms with Gasteiger partial charge in [0.05, 0.1) is 18.5 Å². The monoisotopic (exact) mass is 379 g/mol. The van der Waals surface area contributed by atoms with E-state index < -0.39 is 0 Å². The van der Waals surface area contributed by atoms with Crippen molar-refractivity contribution in [2.45, 2.75) is 13.8 Å². The fourth-order valence-electron chi connectivity index (χ4n) is 2.89. The number of rotatable bonds is 4. The average molecular weight is 379 g/mol. The van der Waals surface area contributed by atoms with E-state index in [2.05, 4.69) is 20.4 Å². The zero-order valence-electron chi connectivity index (χ0n) is 15.1. The van der Waals surface area contributed by atoms with Crippen molar-refractivity contribution in [2.24, 2.45) is 0 Å². The van der Waals surface area contributed by atoms with Crippen molar-refractivity contribution in [1.29, 1.82) is 0 Å². The first-order valence-electron chi connectivity index (χ1n) is 8.30. The van der Waals surface area contributed by atoms with Crippen LogP contribution in [0.15, 0.2) is 42.7 Å². The molecule has 0 aliphatic rings. The third-order valence-corrected chi connectivity index (χ3v) is 5.06. The Labute approximate surface area is 159 Å². The Hall–Kier alpha value is -3.26. The van der Waals surface area contributed by atoms with Gasteiger partial charge < -0.3 is 4.74 Å². The first-order chi connectivity index (χ1) is 13.1. The van der Waals surface area contributed by atoms with Gasteiger partial charge in [0.1, 0.15) is 11.3 Å². The molecule has 0 saturated heterocycles. The highest BCUT2D eigenvalue weighted by Gasteiger charge is 2.20. The molecule has 4 aromatic rings. The third kappa shape index (κ3) is 3.15. The van der Waals surface area contributed by atoms with Gasteiger partial charge in [-0.15, -0.1) is 11.3 Å². The van der Waals surface area contributed by atoms with Gasteiger partial charge in [-0.1, -0.05) is 0 Å². The largest absolute Gasteiger partial charge is 0.497 e. The standard InChI is InChI=1S/C19H17N5O2S/c1-11-15(17-20-9-4-10-24(17)23-11)18(25)22-19-21-16(12(2)27-19)13-5-7-14(26-3)8-6-13/h4-10H,1-3H3,(H,21,22,25). The summed E-state index contributed by atoms with van der Waals surface area (Å²) in [4.78, 5) is 22.7. The fourth-order valence-corrected chi connectivity index (χ4v) is 3.72. The Morgan fingerprint density at radius 3 is 2.74 bits per heavy atom. The van der Waals surface area contributed by atoms with E-state index in [-0.39, 0.29) is 5.91 Å². The molecule has 3 aromatic heterocycles. The number of aryl methyl sites for hydroxylation is 2. The molecule has 0 bridgehead atoms. The smallest absolute Gasteiger partial charge is 0.263 e. The van der Waals surface area contributed by atoms with E-state index in [0.717, 1.165) is 21.9 Å². The van der Waals surface area contributed by atoms with Crippen LogP contribution in [0, 0.1) is 13.8 Å². The average Bonchev–Trinajstić information content (AvgIpc) is 3.20. The van der Waals surface area contributed by atoms with E-state index in [4.69, 9.17) is 4.74 Å². The molecule has 0 unspecified atom stereocenters. The maximum Gasteiger partial charge on any atom is 0.263 e. The van der Waals surface area contributed by atoms with Crippen LogP contribution >= 0.6 is 11.3 Å². The molecule has 0 aliphatic carbocycles. The molecule has 8 heteroatoms. The van der Waals surface area contributed by atoms with E-state index in [1.54, 1.807) is 37.0 Å². The minimum absolute atomic E-state index is 0.267. The van der Waals surface area contributed by atoms with Gasteiger partial charge in [0.25, 0.3) is 5.91 Å². The fraction of sp³-hybridized carbons (Fsp3) is 0.158. The third-order valence-electron chi connectivity index (χ3n) is 4.18. The van der Waals surface area contributed by atoms with Gasteiger partial charge in [0.2, 0.25) is 0 Å². The van der Waals surface area contributed by atoms with E-state index in [1.165, 1.54) is 11.3 Å². The summed E-state index contributed by atoms with van der Waals surface area (Å²) in [7, 11) is 1.63. The van der Waals surface area contributed by atoms with Crippen LogP contribution in [0.25, 0.3) is 16.9 Å². The van der Waals surface area contributed by atoms with E-state index in [1.807, 2.05) is 31.2 Å². The lowest BCUT2D eigenvalue weighted by molar-refractivity contribution is 0.102. The number of methoxy groups -OCH3 is 1. The van der Waals surface area contributed by atoms with Gasteiger partial charge in [-0.2, -0.15) is 5.10 Å². The SMILES string of the molecule is COc1ccc(-c2nc(NC(=O)c3c(C)nn4cccnc34)sc2C)cc1. The second kappa shape index (κ2) is 6.81. The number of aromatic nitrogens is 4. The summed E-state index contributed by atoms with van der Waals surface area (Å²) in [5.41, 5.74) is 3.41. The van der Waals surface area contributed by atoms with Crippen LogP contribution in [0.3, 0.4) is 0 Å². The number of ether oxygens (including phenoxy) is 1. The Balaban J connectivity index is 1.63. The van der Waals surface area contributed by atoms with Crippen molar-refractivity contribution in [3.8, 4) is 17.0 Å². The quantitative estimate of drug-likeness (QED) is 0.584. The molecule has 0 atom stereocenters. The number of nitrogens with one attached hydrogen (secondary N) is 1. The van der Waals surface area contributed by atoms with Gasteiger partial charge in [-0.05, 0) is 44.2 Å². The molecule has 0 aliphatic heterocycles. The first-order valence-corrected chi connectivity index (χ1v) is 9.11. The summed E-state index contributed by atoms with van der Waals surface area (Å²) in [6, 6.07) is 9.45. The highest BCUT2D eigenvalue weighted by molar-refractivity contribution is 7.16. The predicted octanol–water partition coefficient (Wildman–Crippen LogP) is 3.73. The molecule has 3 heterocycles. The summed E-state index contributed by atoms with van der Waals surface area (Å²) in [6.07, 6.45) is 3.41. The Bertz CT molecular complexity index is 1130. The summed E-state index contributed by atoms with van der Waals surface area (Å²) in [5.74, 6) is 0.521. The number of carbonyl (C=O) groups excluding carboxylic acids is 1. The van der Waals surface area contributed by atoms with Crippen LogP contribution < -0.4 is 10.1 Å². The molecule has 0 radical (unpaired) electrons. The van der Waals surface area contributed by atoms with Crippen LogP contribution in [0.4, 0.5) is 5.13 Å². The second-order valence-corrected chi connectivity index (χ2v) is 7.16. The number of hydrogen-bond acceptors (Lipinski definition) is 6. The van der Waals surface area contributed by atoms with Crippen molar-refractivity contribution < 1.29 is 9.53 Å². The minimum atomic E-state index is -0.267. The van der Waals surface area contributed by atoms with Crippen LogP contribution in [0.2, 0.25) is 0 Å². The topological polar surface area (TPSA) is 81.4 Å². The lowest BCUT2D eigenvalue weighted by Crippen LogP contribution is -2.13. The number of anilines is 1. The summed E-state index contributed by atoms with van der Waals surface area (Å²) in [6.45, 7) is 3.77. The number of thiazole rings is 1. The highest BCUT2D eigenvalue weighted by Crippen LogP contribution is 2.31. The number of fused-ring (bicyclic) bond motifs is 1. The predicted molar refractivity (Wildman–Crippen MR) is 105 cm³/mol. The summed E-state index contributed by atoms with van der Waals surface area (Å²) >= 11 is 1.43. The van der Waals surface area contributed by atoms with Crippen LogP contribution in [-0.2, 0) is 0 Å². The van der Waals surface area contributed by atoms with Gasteiger partial charge >= 0.3 is 0 Å². The molecule has 1 aromatic carbocycles. The number of benzene rings is 1. The molecule has 4 rings (SSSR count). The van der Waals surface area contributed by atoms with Crippen molar-refractivity contribution in [1.82, 2.24) is 19.6 Å². The molecule has 0 saturated carbocycles. The van der Waals surface area contributed by atoms with Gasteiger partial charge in [-0.3, -0.25) is 10.1 Å².